The lowest BCUT2D eigenvalue weighted by atomic mass is 9.99. The molecule has 1 N–H and O–H groups in total. The highest BCUT2D eigenvalue weighted by atomic mass is 16.6. The first-order valence-corrected chi connectivity index (χ1v) is 7.39. The summed E-state index contributed by atoms with van der Waals surface area (Å²) in [6.45, 7) is 5.43. The third-order valence-corrected chi connectivity index (χ3v) is 3.48. The zero-order chi connectivity index (χ0) is 15.5. The van der Waals surface area contributed by atoms with Gasteiger partial charge in [-0.3, -0.25) is 4.79 Å². The third-order valence-electron chi connectivity index (χ3n) is 3.48. The molecule has 0 unspecified atom stereocenters. The lowest BCUT2D eigenvalue weighted by Gasteiger charge is -2.19. The number of fused-ring (bicyclic) bond motifs is 1. The highest BCUT2D eigenvalue weighted by Gasteiger charge is 2.23. The second kappa shape index (κ2) is 6.29. The second-order valence-corrected chi connectivity index (χ2v) is 6.64. The standard InChI is InChI=1S/C17H23NO3/c1-17(2,3)21-16(20)18-11-15(19)10-12-8-13-6-4-5-7-14(13)9-12/h4-7,12H,8-11H2,1-3H3,(H,18,20). The molecule has 21 heavy (non-hydrogen) atoms. The molecular weight excluding hydrogens is 266 g/mol. The molecular formula is C17H23NO3. The van der Waals surface area contributed by atoms with E-state index in [2.05, 4.69) is 17.4 Å². The van der Waals surface area contributed by atoms with Gasteiger partial charge in [0.15, 0.2) is 5.78 Å². The predicted octanol–water partition coefficient (Wildman–Crippen LogP) is 2.89. The van der Waals surface area contributed by atoms with Crippen LogP contribution >= 0.6 is 0 Å². The van der Waals surface area contributed by atoms with Gasteiger partial charge in [-0.25, -0.2) is 4.79 Å². The molecule has 0 atom stereocenters. The Bertz CT molecular complexity index is 506. The van der Waals surface area contributed by atoms with Crippen molar-refractivity contribution in [2.24, 2.45) is 5.92 Å². The molecule has 0 saturated heterocycles. The van der Waals surface area contributed by atoms with Crippen molar-refractivity contribution in [1.82, 2.24) is 5.32 Å². The molecule has 1 aliphatic rings. The molecule has 0 bridgehead atoms. The van der Waals surface area contributed by atoms with E-state index in [0.717, 1.165) is 12.8 Å². The van der Waals surface area contributed by atoms with Crippen LogP contribution in [0.2, 0.25) is 0 Å². The minimum Gasteiger partial charge on any atom is -0.444 e. The van der Waals surface area contributed by atoms with Crippen LogP contribution in [0.25, 0.3) is 0 Å². The lowest BCUT2D eigenvalue weighted by molar-refractivity contribution is -0.119. The van der Waals surface area contributed by atoms with Crippen LogP contribution in [0.15, 0.2) is 24.3 Å². The Morgan fingerprint density at radius 2 is 1.76 bits per heavy atom. The van der Waals surface area contributed by atoms with Gasteiger partial charge in [0, 0.05) is 6.42 Å². The van der Waals surface area contributed by atoms with E-state index < -0.39 is 11.7 Å². The Morgan fingerprint density at radius 3 is 2.29 bits per heavy atom. The fraction of sp³-hybridized carbons (Fsp3) is 0.529. The molecule has 0 radical (unpaired) electrons. The predicted molar refractivity (Wildman–Crippen MR) is 81.2 cm³/mol. The minimum absolute atomic E-state index is 0.0434. The van der Waals surface area contributed by atoms with Gasteiger partial charge in [0.1, 0.15) is 5.60 Å². The number of hydrogen-bond acceptors (Lipinski definition) is 3. The molecule has 0 fully saturated rings. The molecule has 0 aromatic heterocycles. The van der Waals surface area contributed by atoms with Gasteiger partial charge in [-0.2, -0.15) is 0 Å². The fourth-order valence-electron chi connectivity index (χ4n) is 2.67. The molecule has 2 rings (SSSR count). The molecule has 0 spiro atoms. The van der Waals surface area contributed by atoms with Crippen molar-refractivity contribution in [2.75, 3.05) is 6.54 Å². The highest BCUT2D eigenvalue weighted by molar-refractivity contribution is 5.84. The number of Topliss-reactive ketones (excluding diaryl/α,β-unsaturated/α-hetero) is 1. The molecule has 4 nitrogen and oxygen atoms in total. The molecule has 1 aliphatic carbocycles. The molecule has 0 saturated carbocycles. The number of rotatable bonds is 4. The van der Waals surface area contributed by atoms with Crippen molar-refractivity contribution in [3.8, 4) is 0 Å². The van der Waals surface area contributed by atoms with Crippen molar-refractivity contribution >= 4 is 11.9 Å². The molecule has 114 valence electrons. The highest BCUT2D eigenvalue weighted by Crippen LogP contribution is 2.28. The first kappa shape index (κ1) is 15.5. The zero-order valence-corrected chi connectivity index (χ0v) is 12.9. The first-order chi connectivity index (χ1) is 9.83. The van der Waals surface area contributed by atoms with E-state index in [1.807, 2.05) is 12.1 Å². The molecule has 1 aromatic carbocycles. The molecule has 1 amide bonds. The van der Waals surface area contributed by atoms with E-state index in [-0.39, 0.29) is 12.3 Å². The maximum atomic E-state index is 11.9. The SMILES string of the molecule is CC(C)(C)OC(=O)NCC(=O)CC1Cc2ccccc2C1. The Labute approximate surface area is 125 Å². The van der Waals surface area contributed by atoms with E-state index >= 15 is 0 Å². The number of alkyl carbamates (subject to hydrolysis) is 1. The Balaban J connectivity index is 1.73. The Morgan fingerprint density at radius 1 is 1.19 bits per heavy atom. The van der Waals surface area contributed by atoms with Gasteiger partial charge >= 0.3 is 6.09 Å². The average molecular weight is 289 g/mol. The number of carbonyl (C=O) groups excluding carboxylic acids is 2. The van der Waals surface area contributed by atoms with Crippen LogP contribution in [0.3, 0.4) is 0 Å². The van der Waals surface area contributed by atoms with E-state index in [0.29, 0.717) is 12.3 Å². The fourth-order valence-corrected chi connectivity index (χ4v) is 2.67. The van der Waals surface area contributed by atoms with Gasteiger partial charge in [0.25, 0.3) is 0 Å². The van der Waals surface area contributed by atoms with Crippen LogP contribution in [0.1, 0.15) is 38.3 Å². The number of ketones is 1. The van der Waals surface area contributed by atoms with Gasteiger partial charge in [0.2, 0.25) is 0 Å². The lowest BCUT2D eigenvalue weighted by Crippen LogP contribution is -2.35. The second-order valence-electron chi connectivity index (χ2n) is 6.64. The van der Waals surface area contributed by atoms with E-state index in [1.165, 1.54) is 11.1 Å². The number of amides is 1. The van der Waals surface area contributed by atoms with Crippen molar-refractivity contribution in [2.45, 2.75) is 45.6 Å². The van der Waals surface area contributed by atoms with Gasteiger partial charge in [-0.1, -0.05) is 24.3 Å². The summed E-state index contributed by atoms with van der Waals surface area (Å²) in [7, 11) is 0. The number of carbonyl (C=O) groups is 2. The molecule has 1 aromatic rings. The van der Waals surface area contributed by atoms with Gasteiger partial charge in [-0.05, 0) is 50.7 Å². The number of benzene rings is 1. The summed E-state index contributed by atoms with van der Waals surface area (Å²) in [6, 6.07) is 8.32. The van der Waals surface area contributed by atoms with Gasteiger partial charge < -0.3 is 10.1 Å². The van der Waals surface area contributed by atoms with Crippen LogP contribution in [-0.2, 0) is 22.4 Å². The van der Waals surface area contributed by atoms with Gasteiger partial charge in [0.05, 0.1) is 6.54 Å². The molecule has 0 aliphatic heterocycles. The smallest absolute Gasteiger partial charge is 0.408 e. The van der Waals surface area contributed by atoms with Crippen molar-refractivity contribution in [1.29, 1.82) is 0 Å². The van der Waals surface area contributed by atoms with Crippen molar-refractivity contribution < 1.29 is 14.3 Å². The summed E-state index contributed by atoms with van der Waals surface area (Å²) in [5, 5.41) is 2.52. The van der Waals surface area contributed by atoms with Crippen LogP contribution in [0.5, 0.6) is 0 Å². The summed E-state index contributed by atoms with van der Waals surface area (Å²) in [5.74, 6) is 0.411. The zero-order valence-electron chi connectivity index (χ0n) is 12.9. The van der Waals surface area contributed by atoms with E-state index in [1.54, 1.807) is 20.8 Å². The summed E-state index contributed by atoms with van der Waals surface area (Å²) in [5.41, 5.74) is 2.14. The van der Waals surface area contributed by atoms with Crippen molar-refractivity contribution in [3.63, 3.8) is 0 Å². The topological polar surface area (TPSA) is 55.4 Å². The Kier molecular flexibility index (Phi) is 4.66. The minimum atomic E-state index is -0.541. The van der Waals surface area contributed by atoms with Crippen LogP contribution in [0, 0.1) is 5.92 Å². The number of ether oxygens (including phenoxy) is 1. The van der Waals surface area contributed by atoms with E-state index in [9.17, 15) is 9.59 Å². The van der Waals surface area contributed by atoms with Crippen LogP contribution in [-0.4, -0.2) is 24.0 Å². The number of hydrogen-bond donors (Lipinski definition) is 1. The molecule has 4 heteroatoms. The maximum absolute atomic E-state index is 11.9. The summed E-state index contributed by atoms with van der Waals surface area (Å²) in [6.07, 6.45) is 1.87. The maximum Gasteiger partial charge on any atom is 0.408 e. The van der Waals surface area contributed by atoms with Crippen molar-refractivity contribution in [3.05, 3.63) is 35.4 Å². The third kappa shape index (κ3) is 4.88. The normalized spacial score (nSPS) is 14.6. The number of nitrogens with one attached hydrogen (secondary N) is 1. The Hall–Kier alpha value is -1.84. The largest absolute Gasteiger partial charge is 0.444 e. The van der Waals surface area contributed by atoms with Crippen LogP contribution < -0.4 is 5.32 Å². The van der Waals surface area contributed by atoms with E-state index in [4.69, 9.17) is 4.74 Å². The van der Waals surface area contributed by atoms with Gasteiger partial charge in [-0.15, -0.1) is 0 Å². The monoisotopic (exact) mass is 289 g/mol. The van der Waals surface area contributed by atoms with Crippen LogP contribution in [0.4, 0.5) is 4.79 Å². The first-order valence-electron chi connectivity index (χ1n) is 7.39. The summed E-state index contributed by atoms with van der Waals surface area (Å²) < 4.78 is 5.11. The quantitative estimate of drug-likeness (QED) is 0.927. The summed E-state index contributed by atoms with van der Waals surface area (Å²) >= 11 is 0. The summed E-state index contributed by atoms with van der Waals surface area (Å²) in [4.78, 5) is 23.4. The average Bonchev–Trinajstić information content (AvgIpc) is 2.76. The molecule has 0 heterocycles.